The number of aryl methyl sites for hydroxylation is 2. The van der Waals surface area contributed by atoms with Crippen molar-refractivity contribution < 1.29 is 28.4 Å². The summed E-state index contributed by atoms with van der Waals surface area (Å²) in [6, 6.07) is 17.5. The van der Waals surface area contributed by atoms with E-state index < -0.39 is 22.5 Å². The molecule has 2 heterocycles. The highest BCUT2D eigenvalue weighted by molar-refractivity contribution is 9.10. The fourth-order valence-corrected chi connectivity index (χ4v) is 4.26. The topological polar surface area (TPSA) is 138 Å². The highest BCUT2D eigenvalue weighted by atomic mass is 79.9. The molecule has 2 aromatic heterocycles. The van der Waals surface area contributed by atoms with E-state index in [4.69, 9.17) is 13.9 Å². The smallest absolute Gasteiger partial charge is 0.313 e. The monoisotopic (exact) mass is 594 g/mol. The van der Waals surface area contributed by atoms with Gasteiger partial charge in [0.1, 0.15) is 18.1 Å². The highest BCUT2D eigenvalue weighted by Crippen LogP contribution is 2.34. The Labute approximate surface area is 231 Å². The summed E-state index contributed by atoms with van der Waals surface area (Å²) in [5.41, 5.74) is 5.24. The number of nitro benzene ring substituents is 1. The Morgan fingerprint density at radius 1 is 1.10 bits per heavy atom. The average molecular weight is 595 g/mol. The zero-order valence-corrected chi connectivity index (χ0v) is 22.7. The summed E-state index contributed by atoms with van der Waals surface area (Å²) in [6.07, 6.45) is 1.13. The molecule has 0 bridgehead atoms. The van der Waals surface area contributed by atoms with Crippen LogP contribution in [0.15, 0.2) is 74.7 Å². The number of aromatic nitrogens is 1. The van der Waals surface area contributed by atoms with E-state index in [0.29, 0.717) is 16.0 Å². The number of carbonyl (C=O) groups excluding carboxylic acids is 2. The minimum atomic E-state index is -0.744. The molecule has 0 unspecified atom stereocenters. The van der Waals surface area contributed by atoms with E-state index in [1.54, 1.807) is 6.07 Å². The lowest BCUT2D eigenvalue weighted by Crippen LogP contribution is -2.17. The summed E-state index contributed by atoms with van der Waals surface area (Å²) in [5.74, 6) is -0.646. The summed E-state index contributed by atoms with van der Waals surface area (Å²) in [4.78, 5) is 34.6. The van der Waals surface area contributed by atoms with Crippen LogP contribution in [0.4, 0.5) is 5.69 Å². The minimum Gasteiger partial charge on any atom is -0.486 e. The summed E-state index contributed by atoms with van der Waals surface area (Å²) in [5, 5.41) is 15.2. The van der Waals surface area contributed by atoms with Gasteiger partial charge >= 0.3 is 17.6 Å². The number of nitrogens with one attached hydrogen (secondary N) is 1. The maximum absolute atomic E-state index is 12.5. The van der Waals surface area contributed by atoms with Crippen molar-refractivity contribution in [3.63, 3.8) is 0 Å². The van der Waals surface area contributed by atoms with Crippen molar-refractivity contribution in [3.05, 3.63) is 104 Å². The standard InChI is InChI=1S/C27H23BrN4O7/c1-16-4-5-17(2)31(16)21-6-8-22(9-7-21)37-15-23-10-11-25(39-23)27(34)30-29-14-19-12-20(28)13-24(32(35)36)26(19)38-18(3)33/h4-14H,15H2,1-3H3,(H,30,34)/b29-14+. The number of rotatable bonds is 9. The number of amides is 1. The molecule has 200 valence electrons. The van der Waals surface area contributed by atoms with Crippen molar-refractivity contribution in [3.8, 4) is 17.2 Å². The molecule has 39 heavy (non-hydrogen) atoms. The van der Waals surface area contributed by atoms with Crippen LogP contribution in [0.5, 0.6) is 11.5 Å². The van der Waals surface area contributed by atoms with Crippen LogP contribution in [0.3, 0.4) is 0 Å². The van der Waals surface area contributed by atoms with E-state index in [9.17, 15) is 19.7 Å². The fraction of sp³-hybridized carbons (Fsp3) is 0.148. The number of nitro groups is 1. The first-order valence-corrected chi connectivity index (χ1v) is 12.4. The van der Waals surface area contributed by atoms with Crippen LogP contribution < -0.4 is 14.9 Å². The van der Waals surface area contributed by atoms with Crippen molar-refractivity contribution in [2.45, 2.75) is 27.4 Å². The Morgan fingerprint density at radius 2 is 1.79 bits per heavy atom. The van der Waals surface area contributed by atoms with Gasteiger partial charge in [-0.15, -0.1) is 0 Å². The Bertz CT molecular complexity index is 1550. The molecule has 0 radical (unpaired) electrons. The third-order valence-corrected chi connectivity index (χ3v) is 5.97. The second kappa shape index (κ2) is 11.8. The lowest BCUT2D eigenvalue weighted by molar-refractivity contribution is -0.385. The van der Waals surface area contributed by atoms with Gasteiger partial charge in [-0.25, -0.2) is 5.43 Å². The van der Waals surface area contributed by atoms with Gasteiger partial charge in [0, 0.05) is 40.1 Å². The first-order valence-electron chi connectivity index (χ1n) is 11.6. The number of halogens is 1. The molecule has 0 spiro atoms. The molecule has 0 fully saturated rings. The number of ether oxygens (including phenoxy) is 2. The Kier molecular flexibility index (Phi) is 8.25. The van der Waals surface area contributed by atoms with Crippen LogP contribution in [-0.2, 0) is 11.4 Å². The van der Waals surface area contributed by atoms with E-state index in [1.807, 2.05) is 38.1 Å². The highest BCUT2D eigenvalue weighted by Gasteiger charge is 2.22. The van der Waals surface area contributed by atoms with Crippen LogP contribution in [0.1, 0.15) is 40.2 Å². The molecule has 0 aliphatic rings. The van der Waals surface area contributed by atoms with Crippen molar-refractivity contribution in [2.24, 2.45) is 5.10 Å². The van der Waals surface area contributed by atoms with Crippen molar-refractivity contribution in [1.82, 2.24) is 9.99 Å². The van der Waals surface area contributed by atoms with E-state index in [1.165, 1.54) is 18.2 Å². The van der Waals surface area contributed by atoms with Crippen LogP contribution in [-0.4, -0.2) is 27.6 Å². The summed E-state index contributed by atoms with van der Waals surface area (Å²) in [7, 11) is 0. The van der Waals surface area contributed by atoms with Crippen LogP contribution >= 0.6 is 15.9 Å². The van der Waals surface area contributed by atoms with Gasteiger partial charge in [0.05, 0.1) is 11.1 Å². The summed E-state index contributed by atoms with van der Waals surface area (Å²) in [6.45, 7) is 5.30. The lowest BCUT2D eigenvalue weighted by atomic mass is 10.2. The number of hydrazone groups is 1. The molecule has 0 saturated carbocycles. The number of esters is 1. The maximum Gasteiger partial charge on any atom is 0.313 e. The number of carbonyl (C=O) groups is 2. The molecule has 1 amide bonds. The van der Waals surface area contributed by atoms with Gasteiger partial charge in [-0.2, -0.15) is 5.10 Å². The Hall–Kier alpha value is -4.71. The molecule has 12 heteroatoms. The number of benzene rings is 2. The van der Waals surface area contributed by atoms with E-state index in [2.05, 4.69) is 43.2 Å². The first kappa shape index (κ1) is 27.3. The van der Waals surface area contributed by atoms with Gasteiger partial charge in [0.15, 0.2) is 5.76 Å². The number of hydrogen-bond donors (Lipinski definition) is 1. The van der Waals surface area contributed by atoms with E-state index >= 15 is 0 Å². The Morgan fingerprint density at radius 3 is 2.44 bits per heavy atom. The van der Waals surface area contributed by atoms with E-state index in [-0.39, 0.29) is 23.7 Å². The van der Waals surface area contributed by atoms with E-state index in [0.717, 1.165) is 30.2 Å². The molecule has 2 aromatic carbocycles. The van der Waals surface area contributed by atoms with Gasteiger partial charge in [-0.3, -0.25) is 19.7 Å². The SMILES string of the molecule is CC(=O)Oc1c(/C=N/NC(=O)c2ccc(COc3ccc(-n4c(C)ccc4C)cc3)o2)cc(Br)cc1[N+](=O)[O-]. The minimum absolute atomic E-state index is 0.0138. The van der Waals surface area contributed by atoms with Gasteiger partial charge in [-0.1, -0.05) is 15.9 Å². The van der Waals surface area contributed by atoms with Crippen molar-refractivity contribution in [2.75, 3.05) is 0 Å². The maximum atomic E-state index is 12.5. The molecule has 0 saturated heterocycles. The predicted octanol–water partition coefficient (Wildman–Crippen LogP) is 5.63. The molecule has 1 N–H and O–H groups in total. The second-order valence-electron chi connectivity index (χ2n) is 8.39. The van der Waals surface area contributed by atoms with Crippen LogP contribution in [0, 0.1) is 24.0 Å². The van der Waals surface area contributed by atoms with Crippen LogP contribution in [0.25, 0.3) is 5.69 Å². The Balaban J connectivity index is 1.38. The number of hydrogen-bond acceptors (Lipinski definition) is 8. The largest absolute Gasteiger partial charge is 0.486 e. The molecular formula is C27H23BrN4O7. The van der Waals surface area contributed by atoms with Crippen molar-refractivity contribution >= 4 is 39.7 Å². The van der Waals surface area contributed by atoms with Gasteiger partial charge in [-0.05, 0) is 68.4 Å². The molecule has 4 rings (SSSR count). The molecule has 0 aliphatic heterocycles. The van der Waals surface area contributed by atoms with Gasteiger partial charge in [0.2, 0.25) is 5.75 Å². The molecular weight excluding hydrogens is 572 g/mol. The van der Waals surface area contributed by atoms with Gasteiger partial charge < -0.3 is 18.5 Å². The normalized spacial score (nSPS) is 11.0. The predicted molar refractivity (Wildman–Crippen MR) is 145 cm³/mol. The quantitative estimate of drug-likeness (QED) is 0.0871. The molecule has 0 atom stereocenters. The average Bonchev–Trinajstić information content (AvgIpc) is 3.50. The fourth-order valence-electron chi connectivity index (χ4n) is 3.80. The third-order valence-electron chi connectivity index (χ3n) is 5.51. The second-order valence-corrected chi connectivity index (χ2v) is 9.31. The van der Waals surface area contributed by atoms with Crippen LogP contribution in [0.2, 0.25) is 0 Å². The third kappa shape index (κ3) is 6.60. The lowest BCUT2D eigenvalue weighted by Gasteiger charge is -2.10. The summed E-state index contributed by atoms with van der Waals surface area (Å²) < 4.78 is 18.8. The number of nitrogens with zero attached hydrogens (tertiary/aromatic N) is 3. The zero-order chi connectivity index (χ0) is 28.1. The zero-order valence-electron chi connectivity index (χ0n) is 21.1. The molecule has 11 nitrogen and oxygen atoms in total. The molecule has 0 aliphatic carbocycles. The first-order chi connectivity index (χ1) is 18.6. The molecule has 4 aromatic rings. The number of furan rings is 1. The van der Waals surface area contributed by atoms with Crippen molar-refractivity contribution in [1.29, 1.82) is 0 Å². The summed E-state index contributed by atoms with van der Waals surface area (Å²) >= 11 is 3.17. The van der Waals surface area contributed by atoms with Gasteiger partial charge in [0.25, 0.3) is 0 Å².